The summed E-state index contributed by atoms with van der Waals surface area (Å²) < 4.78 is 89.0. The second kappa shape index (κ2) is 12.1. The number of nitrogens with one attached hydrogen (secondary N) is 1. The zero-order valence-electron chi connectivity index (χ0n) is 25.6. The van der Waals surface area contributed by atoms with Crippen molar-refractivity contribution in [3.8, 4) is 5.75 Å². The molecule has 0 spiro atoms. The van der Waals surface area contributed by atoms with Crippen LogP contribution in [0.3, 0.4) is 0 Å². The number of rotatable bonds is 11. The van der Waals surface area contributed by atoms with Crippen molar-refractivity contribution in [3.63, 3.8) is 0 Å². The second-order valence-corrected chi connectivity index (χ2v) is 15.8. The van der Waals surface area contributed by atoms with E-state index in [1.165, 1.54) is 42.5 Å². The van der Waals surface area contributed by atoms with E-state index < -0.39 is 56.3 Å². The number of alkyl halides is 3. The van der Waals surface area contributed by atoms with E-state index in [-0.39, 0.29) is 42.1 Å². The van der Waals surface area contributed by atoms with Crippen molar-refractivity contribution >= 4 is 32.5 Å². The van der Waals surface area contributed by atoms with Gasteiger partial charge in [0.1, 0.15) is 34.1 Å². The lowest BCUT2D eigenvalue weighted by Gasteiger charge is -2.63. The lowest BCUT2D eigenvalue weighted by molar-refractivity contribution is -0.201. The molecule has 4 aliphatic rings. The molecular weight excluding hydrogens is 642 g/mol. The molecule has 3 aromatic rings. The third kappa shape index (κ3) is 6.96. The molecule has 0 saturated heterocycles. The van der Waals surface area contributed by atoms with E-state index in [0.717, 1.165) is 24.8 Å². The first-order valence-electron chi connectivity index (χ1n) is 15.4. The summed E-state index contributed by atoms with van der Waals surface area (Å²) in [6.45, 7) is -0.201. The number of aliphatic carboxylic acids is 1. The molecule has 4 saturated carbocycles. The van der Waals surface area contributed by atoms with Gasteiger partial charge in [0.2, 0.25) is 0 Å². The van der Waals surface area contributed by atoms with Crippen molar-refractivity contribution in [1.29, 1.82) is 0 Å². The Bertz CT molecular complexity index is 1800. The van der Waals surface area contributed by atoms with Crippen LogP contribution >= 0.6 is 0 Å². The highest BCUT2D eigenvalue weighted by Crippen LogP contribution is 2.64. The van der Waals surface area contributed by atoms with Crippen molar-refractivity contribution in [2.75, 3.05) is 18.6 Å². The molecular formula is C34H35F4NO7S. The maximum absolute atomic E-state index is 14.1. The van der Waals surface area contributed by atoms with Gasteiger partial charge in [0.05, 0.1) is 29.1 Å². The molecule has 8 nitrogen and oxygen atoms in total. The van der Waals surface area contributed by atoms with Crippen LogP contribution in [0.5, 0.6) is 5.75 Å². The van der Waals surface area contributed by atoms with E-state index >= 15 is 0 Å². The number of benzene rings is 3. The molecule has 3 atom stereocenters. The standard InChI is InChI=1S/C34H35F4NO7S/c1-47(43,44)11-10-46-33-16-21-12-22(17-33)15-32(14-21,19-33)29(31(41)42)39-30(40)27-8-4-23-13-25(35)7-9-26(23)28(27)45-18-20-2-5-24(6-3-20)34(36,37)38/h2-9,13,21-22,29H,10-12,14-19H2,1H3,(H,39,40)(H,41,42). The molecule has 4 fully saturated rings. The molecule has 252 valence electrons. The molecule has 0 aliphatic heterocycles. The highest BCUT2D eigenvalue weighted by atomic mass is 32.2. The smallest absolute Gasteiger partial charge is 0.416 e. The van der Waals surface area contributed by atoms with Crippen molar-refractivity contribution in [1.82, 2.24) is 5.32 Å². The number of carboxylic acids is 1. The van der Waals surface area contributed by atoms with Crippen LogP contribution < -0.4 is 10.1 Å². The molecule has 0 radical (unpaired) electrons. The van der Waals surface area contributed by atoms with E-state index in [0.29, 0.717) is 48.4 Å². The molecule has 4 aliphatic carbocycles. The Balaban J connectivity index is 1.28. The van der Waals surface area contributed by atoms with Gasteiger partial charge in [-0.2, -0.15) is 13.2 Å². The van der Waals surface area contributed by atoms with Gasteiger partial charge in [-0.05, 0) is 97.7 Å². The average molecular weight is 678 g/mol. The Hall–Kier alpha value is -3.71. The van der Waals surface area contributed by atoms with Crippen molar-refractivity contribution in [2.45, 2.75) is 63.0 Å². The second-order valence-electron chi connectivity index (χ2n) is 13.5. The maximum Gasteiger partial charge on any atom is 0.416 e. The Morgan fingerprint density at radius 3 is 2.32 bits per heavy atom. The first-order chi connectivity index (χ1) is 22.0. The molecule has 3 unspecified atom stereocenters. The minimum atomic E-state index is -4.51. The maximum atomic E-state index is 14.1. The van der Waals surface area contributed by atoms with Crippen molar-refractivity contribution in [2.24, 2.45) is 17.3 Å². The van der Waals surface area contributed by atoms with Crippen LogP contribution in [-0.4, -0.2) is 55.7 Å². The van der Waals surface area contributed by atoms with Gasteiger partial charge < -0.3 is 19.9 Å². The number of fused-ring (bicyclic) bond motifs is 1. The number of sulfone groups is 1. The molecule has 0 aromatic heterocycles. The van der Waals surface area contributed by atoms with Gasteiger partial charge >= 0.3 is 12.1 Å². The third-order valence-corrected chi connectivity index (χ3v) is 10.8. The van der Waals surface area contributed by atoms with Gasteiger partial charge in [-0.3, -0.25) is 4.79 Å². The van der Waals surface area contributed by atoms with Gasteiger partial charge in [-0.15, -0.1) is 0 Å². The number of carbonyl (C=O) groups is 2. The van der Waals surface area contributed by atoms with Gasteiger partial charge in [0.25, 0.3) is 5.91 Å². The monoisotopic (exact) mass is 677 g/mol. The minimum absolute atomic E-state index is 0.00823. The third-order valence-electron chi connectivity index (χ3n) is 9.89. The number of halogens is 4. The van der Waals surface area contributed by atoms with Crippen LogP contribution in [0, 0.1) is 23.1 Å². The predicted octanol–water partition coefficient (Wildman–Crippen LogP) is 6.16. The normalized spacial score (nSPS) is 25.9. The summed E-state index contributed by atoms with van der Waals surface area (Å²) >= 11 is 0. The molecule has 13 heteroatoms. The topological polar surface area (TPSA) is 119 Å². The zero-order valence-corrected chi connectivity index (χ0v) is 26.4. The first-order valence-corrected chi connectivity index (χ1v) is 17.5. The lowest BCUT2D eigenvalue weighted by Crippen LogP contribution is -2.65. The number of carboxylic acid groups (broad SMARTS) is 1. The van der Waals surface area contributed by atoms with E-state index in [9.17, 15) is 40.7 Å². The first kappa shape index (κ1) is 33.2. The average Bonchev–Trinajstić information content (AvgIpc) is 2.96. The number of hydrogen-bond acceptors (Lipinski definition) is 6. The number of amides is 1. The Morgan fingerprint density at radius 1 is 1.02 bits per heavy atom. The Kier molecular flexibility index (Phi) is 8.53. The SMILES string of the molecule is CS(=O)(=O)CCOC12CC3CC(C1)CC(C(NC(=O)c1ccc4cc(F)ccc4c1OCc1ccc(C(F)(F)F)cc1)C(=O)O)(C3)C2. The van der Waals surface area contributed by atoms with Crippen molar-refractivity contribution in [3.05, 3.63) is 77.1 Å². The fraction of sp³-hybridized carbons (Fsp3) is 0.471. The highest BCUT2D eigenvalue weighted by molar-refractivity contribution is 7.90. The fourth-order valence-electron chi connectivity index (χ4n) is 8.40. The summed E-state index contributed by atoms with van der Waals surface area (Å²) in [7, 11) is -3.26. The van der Waals surface area contributed by atoms with Gasteiger partial charge in [0, 0.05) is 17.1 Å². The highest BCUT2D eigenvalue weighted by Gasteiger charge is 2.62. The van der Waals surface area contributed by atoms with Gasteiger partial charge in [0.15, 0.2) is 0 Å². The van der Waals surface area contributed by atoms with Crippen LogP contribution in [0.4, 0.5) is 17.6 Å². The Morgan fingerprint density at radius 2 is 1.70 bits per heavy atom. The molecule has 3 aromatic carbocycles. The molecule has 2 N–H and O–H groups in total. The van der Waals surface area contributed by atoms with Crippen LogP contribution in [-0.2, 0) is 32.2 Å². The summed E-state index contributed by atoms with van der Waals surface area (Å²) in [4.78, 5) is 26.8. The summed E-state index contributed by atoms with van der Waals surface area (Å²) in [5, 5.41) is 14.0. The van der Waals surface area contributed by atoms with E-state index in [2.05, 4.69) is 5.32 Å². The number of hydrogen-bond donors (Lipinski definition) is 2. The molecule has 0 heterocycles. The largest absolute Gasteiger partial charge is 0.487 e. The van der Waals surface area contributed by atoms with E-state index in [4.69, 9.17) is 9.47 Å². The molecule has 1 amide bonds. The molecule has 47 heavy (non-hydrogen) atoms. The lowest BCUT2D eigenvalue weighted by atomic mass is 9.46. The fourth-order valence-corrected chi connectivity index (χ4v) is 8.79. The van der Waals surface area contributed by atoms with Crippen LogP contribution in [0.15, 0.2) is 54.6 Å². The van der Waals surface area contributed by atoms with Crippen LogP contribution in [0.25, 0.3) is 10.8 Å². The van der Waals surface area contributed by atoms with Crippen LogP contribution in [0.2, 0.25) is 0 Å². The molecule has 7 rings (SSSR count). The predicted molar refractivity (Wildman–Crippen MR) is 164 cm³/mol. The van der Waals surface area contributed by atoms with Gasteiger partial charge in [-0.1, -0.05) is 18.2 Å². The number of carbonyl (C=O) groups excluding carboxylic acids is 1. The minimum Gasteiger partial charge on any atom is -0.487 e. The Labute approximate surface area is 269 Å². The van der Waals surface area contributed by atoms with Crippen molar-refractivity contribution < 1.29 is 50.1 Å². The van der Waals surface area contributed by atoms with E-state index in [1.807, 2.05) is 0 Å². The number of ether oxygens (including phenoxy) is 2. The molecule has 4 bridgehead atoms. The summed E-state index contributed by atoms with van der Waals surface area (Å²) in [6, 6.07) is 9.87. The zero-order chi connectivity index (χ0) is 33.8. The summed E-state index contributed by atoms with van der Waals surface area (Å²) in [5.41, 5.74) is -1.93. The summed E-state index contributed by atoms with van der Waals surface area (Å²) in [6.07, 6.45) is 0.474. The van der Waals surface area contributed by atoms with Crippen LogP contribution in [0.1, 0.15) is 60.0 Å². The van der Waals surface area contributed by atoms with E-state index in [1.54, 1.807) is 0 Å². The quantitative estimate of drug-likeness (QED) is 0.234. The summed E-state index contributed by atoms with van der Waals surface area (Å²) in [5.74, 6) is -2.22. The van der Waals surface area contributed by atoms with Gasteiger partial charge in [-0.25, -0.2) is 17.6 Å².